The summed E-state index contributed by atoms with van der Waals surface area (Å²) in [5.74, 6) is 0.557. The van der Waals surface area contributed by atoms with Crippen LogP contribution in [0.5, 0.6) is 0 Å². The van der Waals surface area contributed by atoms with Crippen molar-refractivity contribution in [2.45, 2.75) is 13.8 Å². The number of carbonyl (C=O) groups excluding carboxylic acids is 1. The molecule has 0 aliphatic heterocycles. The average molecular weight is 362 g/mol. The van der Waals surface area contributed by atoms with E-state index in [1.807, 2.05) is 19.9 Å². The number of aromatic nitrogens is 4. The molecule has 0 saturated heterocycles. The number of hydrogen-bond acceptors (Lipinski definition) is 4. The lowest BCUT2D eigenvalue weighted by Gasteiger charge is -2.08. The van der Waals surface area contributed by atoms with Crippen LogP contribution in [0, 0.1) is 13.8 Å². The monoisotopic (exact) mass is 361 g/mol. The summed E-state index contributed by atoms with van der Waals surface area (Å²) in [7, 11) is 0. The highest BCUT2D eigenvalue weighted by Gasteiger charge is 2.11. The number of aryl methyl sites for hydroxylation is 2. The van der Waals surface area contributed by atoms with E-state index in [9.17, 15) is 4.79 Å². The smallest absolute Gasteiger partial charge is 0.256 e. The van der Waals surface area contributed by atoms with Gasteiger partial charge in [0.1, 0.15) is 12.1 Å². The predicted molar refractivity (Wildman–Crippen MR) is 93.0 cm³/mol. The van der Waals surface area contributed by atoms with E-state index in [2.05, 4.69) is 20.4 Å². The molecule has 6 nitrogen and oxygen atoms in total. The molecule has 1 amide bonds. The maximum Gasteiger partial charge on any atom is 0.256 e. The molecular formula is C16H13Cl2N5O. The third kappa shape index (κ3) is 3.55. The van der Waals surface area contributed by atoms with Gasteiger partial charge in [0.2, 0.25) is 0 Å². The van der Waals surface area contributed by atoms with Crippen LogP contribution in [0.4, 0.5) is 5.82 Å². The van der Waals surface area contributed by atoms with E-state index in [1.54, 1.807) is 16.8 Å². The van der Waals surface area contributed by atoms with Crippen molar-refractivity contribution in [3.05, 3.63) is 63.7 Å². The molecule has 24 heavy (non-hydrogen) atoms. The van der Waals surface area contributed by atoms with Gasteiger partial charge in [-0.15, -0.1) is 0 Å². The Morgan fingerprint density at radius 1 is 1.04 bits per heavy atom. The molecule has 0 spiro atoms. The molecule has 0 fully saturated rings. The van der Waals surface area contributed by atoms with Gasteiger partial charge < -0.3 is 5.32 Å². The summed E-state index contributed by atoms with van der Waals surface area (Å²) < 4.78 is 1.68. The lowest BCUT2D eigenvalue weighted by molar-refractivity contribution is 0.102. The zero-order valence-electron chi connectivity index (χ0n) is 12.9. The Labute approximate surface area is 148 Å². The van der Waals surface area contributed by atoms with Crippen LogP contribution in [0.15, 0.2) is 36.7 Å². The third-order valence-electron chi connectivity index (χ3n) is 3.25. The molecule has 0 unspecified atom stereocenters. The fraction of sp³-hybridized carbons (Fsp3) is 0.125. The second-order valence-electron chi connectivity index (χ2n) is 5.21. The first-order valence-electron chi connectivity index (χ1n) is 7.05. The van der Waals surface area contributed by atoms with Crippen molar-refractivity contribution in [2.24, 2.45) is 0 Å². The van der Waals surface area contributed by atoms with Crippen molar-refractivity contribution in [3.63, 3.8) is 0 Å². The average Bonchev–Trinajstić information content (AvgIpc) is 2.85. The van der Waals surface area contributed by atoms with Gasteiger partial charge in [-0.3, -0.25) is 4.79 Å². The molecule has 3 rings (SSSR count). The molecule has 2 aromatic heterocycles. The van der Waals surface area contributed by atoms with Gasteiger partial charge in [0, 0.05) is 27.4 Å². The molecule has 2 heterocycles. The van der Waals surface area contributed by atoms with Crippen LogP contribution in [-0.2, 0) is 0 Å². The van der Waals surface area contributed by atoms with Crippen molar-refractivity contribution >= 4 is 34.9 Å². The van der Waals surface area contributed by atoms with Gasteiger partial charge in [-0.1, -0.05) is 23.2 Å². The lowest BCUT2D eigenvalue weighted by Crippen LogP contribution is -2.14. The number of anilines is 1. The minimum Gasteiger partial charge on any atom is -0.306 e. The van der Waals surface area contributed by atoms with E-state index in [0.717, 1.165) is 11.4 Å². The minimum atomic E-state index is -0.364. The molecule has 122 valence electrons. The van der Waals surface area contributed by atoms with Gasteiger partial charge in [0.05, 0.1) is 5.69 Å². The number of nitrogens with zero attached hydrogens (tertiary/aromatic N) is 4. The number of hydrogen-bond donors (Lipinski definition) is 1. The highest BCUT2D eigenvalue weighted by molar-refractivity contribution is 6.35. The fourth-order valence-electron chi connectivity index (χ4n) is 2.27. The van der Waals surface area contributed by atoms with E-state index in [0.29, 0.717) is 27.2 Å². The van der Waals surface area contributed by atoms with Gasteiger partial charge >= 0.3 is 0 Å². The first kappa shape index (κ1) is 16.4. The molecule has 0 aliphatic carbocycles. The van der Waals surface area contributed by atoms with E-state index >= 15 is 0 Å². The second-order valence-corrected chi connectivity index (χ2v) is 6.09. The normalized spacial score (nSPS) is 10.7. The fourth-order valence-corrected chi connectivity index (χ4v) is 2.79. The van der Waals surface area contributed by atoms with Crippen molar-refractivity contribution in [1.29, 1.82) is 0 Å². The number of amides is 1. The number of nitrogens with one attached hydrogen (secondary N) is 1. The van der Waals surface area contributed by atoms with E-state index in [4.69, 9.17) is 23.2 Å². The minimum absolute atomic E-state index is 0.346. The molecule has 3 aromatic rings. The quantitative estimate of drug-likeness (QED) is 0.768. The van der Waals surface area contributed by atoms with Crippen LogP contribution in [0.2, 0.25) is 10.0 Å². The summed E-state index contributed by atoms with van der Waals surface area (Å²) in [4.78, 5) is 20.6. The maximum absolute atomic E-state index is 12.3. The number of halogens is 2. The Kier molecular flexibility index (Phi) is 4.51. The lowest BCUT2D eigenvalue weighted by atomic mass is 10.2. The summed E-state index contributed by atoms with van der Waals surface area (Å²) >= 11 is 11.8. The summed E-state index contributed by atoms with van der Waals surface area (Å²) in [5.41, 5.74) is 2.16. The molecule has 1 N–H and O–H groups in total. The molecule has 0 aliphatic rings. The Morgan fingerprint density at radius 2 is 1.75 bits per heavy atom. The molecule has 0 saturated carbocycles. The Balaban J connectivity index is 1.87. The van der Waals surface area contributed by atoms with Crippen molar-refractivity contribution < 1.29 is 4.79 Å². The van der Waals surface area contributed by atoms with Gasteiger partial charge in [-0.2, -0.15) is 5.10 Å². The number of benzene rings is 1. The molecule has 0 radical (unpaired) electrons. The van der Waals surface area contributed by atoms with Crippen LogP contribution in [0.3, 0.4) is 0 Å². The van der Waals surface area contributed by atoms with Gasteiger partial charge in [-0.05, 0) is 38.1 Å². The van der Waals surface area contributed by atoms with Crippen molar-refractivity contribution in [1.82, 2.24) is 19.7 Å². The van der Waals surface area contributed by atoms with Crippen LogP contribution >= 0.6 is 23.2 Å². The predicted octanol–water partition coefficient (Wildman–Crippen LogP) is 3.84. The first-order chi connectivity index (χ1) is 11.4. The Morgan fingerprint density at radius 3 is 2.38 bits per heavy atom. The maximum atomic E-state index is 12.3. The molecule has 1 aromatic carbocycles. The van der Waals surface area contributed by atoms with E-state index in [-0.39, 0.29) is 5.91 Å². The zero-order valence-corrected chi connectivity index (χ0v) is 14.4. The number of rotatable bonds is 3. The summed E-state index contributed by atoms with van der Waals surface area (Å²) in [6.45, 7) is 3.82. The van der Waals surface area contributed by atoms with Crippen LogP contribution in [0.25, 0.3) is 5.82 Å². The highest BCUT2D eigenvalue weighted by atomic mass is 35.5. The van der Waals surface area contributed by atoms with E-state index in [1.165, 1.54) is 18.5 Å². The van der Waals surface area contributed by atoms with Gasteiger partial charge in [0.25, 0.3) is 5.91 Å². The first-order valence-corrected chi connectivity index (χ1v) is 7.81. The zero-order chi connectivity index (χ0) is 17.3. The van der Waals surface area contributed by atoms with Crippen molar-refractivity contribution in [2.75, 3.05) is 5.32 Å². The summed E-state index contributed by atoms with van der Waals surface area (Å²) in [5, 5.41) is 7.84. The van der Waals surface area contributed by atoms with E-state index < -0.39 is 0 Å². The van der Waals surface area contributed by atoms with Gasteiger partial charge in [0.15, 0.2) is 5.82 Å². The largest absolute Gasteiger partial charge is 0.306 e. The van der Waals surface area contributed by atoms with Crippen LogP contribution in [0.1, 0.15) is 21.7 Å². The molecular weight excluding hydrogens is 349 g/mol. The van der Waals surface area contributed by atoms with Crippen molar-refractivity contribution in [3.8, 4) is 5.82 Å². The topological polar surface area (TPSA) is 72.7 Å². The SMILES string of the molecule is Cc1cc(C)n(-c2cc(NC(=O)c3cc(Cl)cc(Cl)c3)ncn2)n1. The van der Waals surface area contributed by atoms with Crippen LogP contribution < -0.4 is 5.32 Å². The molecule has 8 heteroatoms. The summed E-state index contributed by atoms with van der Waals surface area (Å²) in [6.07, 6.45) is 1.37. The van der Waals surface area contributed by atoms with Gasteiger partial charge in [-0.25, -0.2) is 14.6 Å². The Hall–Kier alpha value is -2.44. The molecule has 0 atom stereocenters. The third-order valence-corrected chi connectivity index (χ3v) is 3.68. The van der Waals surface area contributed by atoms with Crippen LogP contribution in [-0.4, -0.2) is 25.7 Å². The second kappa shape index (κ2) is 6.59. The number of carbonyl (C=O) groups is 1. The standard InChI is InChI=1S/C16H13Cl2N5O/c1-9-3-10(2)23(22-9)15-7-14(19-8-20-15)21-16(24)11-4-12(17)6-13(18)5-11/h3-8H,1-2H3,(H,19,20,21,24). The highest BCUT2D eigenvalue weighted by Crippen LogP contribution is 2.20. The Bertz CT molecular complexity index is 902. The molecule has 0 bridgehead atoms. The summed E-state index contributed by atoms with van der Waals surface area (Å²) in [6, 6.07) is 8.21.